The third-order valence-corrected chi connectivity index (χ3v) is 6.52. The van der Waals surface area contributed by atoms with Crippen molar-refractivity contribution in [1.29, 1.82) is 0 Å². The van der Waals surface area contributed by atoms with Gasteiger partial charge in [-0.05, 0) is 76.4 Å². The Hall–Kier alpha value is -2.40. The normalized spacial score (nSPS) is 19.5. The lowest BCUT2D eigenvalue weighted by Gasteiger charge is -2.32. The van der Waals surface area contributed by atoms with Crippen LogP contribution in [0.2, 0.25) is 0 Å². The van der Waals surface area contributed by atoms with Crippen LogP contribution in [0.15, 0.2) is 42.6 Å². The maximum Gasteiger partial charge on any atom is 0.161 e. The van der Waals surface area contributed by atoms with Crippen molar-refractivity contribution in [3.8, 4) is 5.75 Å². The molecule has 0 saturated carbocycles. The molecule has 0 bridgehead atoms. The zero-order chi connectivity index (χ0) is 20.6. The van der Waals surface area contributed by atoms with E-state index in [1.807, 2.05) is 18.3 Å². The summed E-state index contributed by atoms with van der Waals surface area (Å²) in [6.45, 7) is 6.58. The van der Waals surface area contributed by atoms with Crippen LogP contribution in [0.5, 0.6) is 5.75 Å². The Morgan fingerprint density at radius 1 is 1.07 bits per heavy atom. The molecule has 2 atom stereocenters. The zero-order valence-corrected chi connectivity index (χ0v) is 18.2. The number of rotatable bonds is 6. The fourth-order valence-corrected chi connectivity index (χ4v) is 4.33. The molecule has 154 valence electrons. The quantitative estimate of drug-likeness (QED) is 0.569. The number of aromatic nitrogens is 3. The van der Waals surface area contributed by atoms with Crippen LogP contribution in [0.1, 0.15) is 75.4 Å². The van der Waals surface area contributed by atoms with Gasteiger partial charge in [0, 0.05) is 0 Å². The van der Waals surface area contributed by atoms with Crippen molar-refractivity contribution >= 4 is 5.65 Å². The molecule has 2 aromatic heterocycles. The number of pyridine rings is 1. The summed E-state index contributed by atoms with van der Waals surface area (Å²) in [5.74, 6) is 2.43. The third-order valence-electron chi connectivity index (χ3n) is 6.52. The van der Waals surface area contributed by atoms with Crippen LogP contribution >= 0.6 is 0 Å². The molecule has 4 rings (SSSR count). The first-order chi connectivity index (χ1) is 13.9. The summed E-state index contributed by atoms with van der Waals surface area (Å²) in [5.41, 5.74) is 3.41. The molecular weight excluding hydrogens is 360 g/mol. The summed E-state index contributed by atoms with van der Waals surface area (Å²) in [6.07, 6.45) is 6.84. The number of nitrogens with zero attached hydrogens (tertiary/aromatic N) is 4. The summed E-state index contributed by atoms with van der Waals surface area (Å²) < 4.78 is 8.58. The minimum absolute atomic E-state index is 0.0959. The highest BCUT2D eigenvalue weighted by Crippen LogP contribution is 2.41. The molecule has 0 radical (unpaired) electrons. The third kappa shape index (κ3) is 3.64. The number of fused-ring (bicyclic) bond motifs is 2. The minimum atomic E-state index is -0.233. The van der Waals surface area contributed by atoms with Crippen LogP contribution in [0.25, 0.3) is 5.65 Å². The molecule has 3 aromatic rings. The SMILES string of the molecule is CCCC1CCC(Oc2ccc3nnc(C(C)(C)N(C)C)n3c2)c2ccccc21. The molecule has 5 heteroatoms. The van der Waals surface area contributed by atoms with E-state index in [4.69, 9.17) is 4.74 Å². The molecule has 2 heterocycles. The van der Waals surface area contributed by atoms with Gasteiger partial charge in [0.2, 0.25) is 0 Å². The molecule has 2 unspecified atom stereocenters. The van der Waals surface area contributed by atoms with E-state index in [1.54, 1.807) is 0 Å². The van der Waals surface area contributed by atoms with Gasteiger partial charge in [0.05, 0.1) is 11.7 Å². The second-order valence-corrected chi connectivity index (χ2v) is 8.87. The van der Waals surface area contributed by atoms with Gasteiger partial charge in [-0.1, -0.05) is 37.6 Å². The molecule has 5 nitrogen and oxygen atoms in total. The summed E-state index contributed by atoms with van der Waals surface area (Å²) in [4.78, 5) is 2.15. The second kappa shape index (κ2) is 7.79. The van der Waals surface area contributed by atoms with Gasteiger partial charge >= 0.3 is 0 Å². The molecule has 0 fully saturated rings. The minimum Gasteiger partial charge on any atom is -0.484 e. The van der Waals surface area contributed by atoms with E-state index >= 15 is 0 Å². The molecule has 1 aliphatic rings. The first kappa shape index (κ1) is 19.9. The summed E-state index contributed by atoms with van der Waals surface area (Å²) in [5, 5.41) is 8.81. The molecule has 0 N–H and O–H groups in total. The lowest BCUT2D eigenvalue weighted by molar-refractivity contribution is 0.172. The lowest BCUT2D eigenvalue weighted by atomic mass is 9.79. The molecule has 1 aliphatic carbocycles. The van der Waals surface area contributed by atoms with Crippen LogP contribution in [-0.2, 0) is 5.54 Å². The van der Waals surface area contributed by atoms with E-state index in [1.165, 1.54) is 30.4 Å². The smallest absolute Gasteiger partial charge is 0.161 e. The van der Waals surface area contributed by atoms with Crippen molar-refractivity contribution in [3.05, 3.63) is 59.5 Å². The van der Waals surface area contributed by atoms with Crippen LogP contribution in [-0.4, -0.2) is 33.6 Å². The molecule has 0 amide bonds. The first-order valence-electron chi connectivity index (χ1n) is 10.7. The van der Waals surface area contributed by atoms with Gasteiger partial charge in [0.25, 0.3) is 0 Å². The first-order valence-corrected chi connectivity index (χ1v) is 10.7. The Balaban J connectivity index is 1.65. The summed E-state index contributed by atoms with van der Waals surface area (Å²) in [6, 6.07) is 12.8. The number of hydrogen-bond donors (Lipinski definition) is 0. The zero-order valence-electron chi connectivity index (χ0n) is 18.2. The van der Waals surface area contributed by atoms with Crippen molar-refractivity contribution in [1.82, 2.24) is 19.5 Å². The van der Waals surface area contributed by atoms with Gasteiger partial charge < -0.3 is 4.74 Å². The van der Waals surface area contributed by atoms with E-state index in [0.29, 0.717) is 5.92 Å². The van der Waals surface area contributed by atoms with Crippen LogP contribution < -0.4 is 4.74 Å². The highest BCUT2D eigenvalue weighted by Gasteiger charge is 2.30. The predicted molar refractivity (Wildman–Crippen MR) is 116 cm³/mol. The van der Waals surface area contributed by atoms with Gasteiger partial charge in [-0.2, -0.15) is 0 Å². The van der Waals surface area contributed by atoms with E-state index < -0.39 is 0 Å². The van der Waals surface area contributed by atoms with Crippen LogP contribution in [0.3, 0.4) is 0 Å². The largest absolute Gasteiger partial charge is 0.484 e. The van der Waals surface area contributed by atoms with Crippen LogP contribution in [0.4, 0.5) is 0 Å². The van der Waals surface area contributed by atoms with E-state index in [9.17, 15) is 0 Å². The van der Waals surface area contributed by atoms with Crippen LogP contribution in [0, 0.1) is 0 Å². The second-order valence-electron chi connectivity index (χ2n) is 8.87. The Kier molecular flexibility index (Phi) is 5.34. The number of ether oxygens (including phenoxy) is 1. The molecule has 0 spiro atoms. The Morgan fingerprint density at radius 2 is 1.83 bits per heavy atom. The Labute approximate surface area is 173 Å². The fourth-order valence-electron chi connectivity index (χ4n) is 4.33. The van der Waals surface area contributed by atoms with E-state index in [-0.39, 0.29) is 11.6 Å². The average Bonchev–Trinajstić information content (AvgIpc) is 3.14. The van der Waals surface area contributed by atoms with Crippen molar-refractivity contribution in [3.63, 3.8) is 0 Å². The summed E-state index contributed by atoms with van der Waals surface area (Å²) >= 11 is 0. The van der Waals surface area contributed by atoms with Crippen molar-refractivity contribution < 1.29 is 4.74 Å². The predicted octanol–water partition coefficient (Wildman–Crippen LogP) is 5.32. The summed E-state index contributed by atoms with van der Waals surface area (Å²) in [7, 11) is 4.13. The van der Waals surface area contributed by atoms with Crippen molar-refractivity contribution in [2.75, 3.05) is 14.1 Å². The van der Waals surface area contributed by atoms with Gasteiger partial charge in [0.1, 0.15) is 11.9 Å². The monoisotopic (exact) mass is 392 g/mol. The highest BCUT2D eigenvalue weighted by molar-refractivity contribution is 5.43. The van der Waals surface area contributed by atoms with Crippen molar-refractivity contribution in [2.45, 2.75) is 64.0 Å². The molecule has 0 saturated heterocycles. The van der Waals surface area contributed by atoms with Gasteiger partial charge in [0.15, 0.2) is 11.5 Å². The van der Waals surface area contributed by atoms with E-state index in [0.717, 1.165) is 23.6 Å². The lowest BCUT2D eigenvalue weighted by Crippen LogP contribution is -2.37. The number of hydrogen-bond acceptors (Lipinski definition) is 4. The van der Waals surface area contributed by atoms with Gasteiger partial charge in [-0.15, -0.1) is 10.2 Å². The molecule has 1 aromatic carbocycles. The Bertz CT molecular complexity index is 991. The standard InChI is InChI=1S/C24H32N4O/c1-6-9-17-12-14-21(20-11-8-7-10-19(17)20)29-18-13-15-22-25-26-23(28(22)16-18)24(2,3)27(4)5/h7-8,10-11,13,15-17,21H,6,9,12,14H2,1-5H3. The Morgan fingerprint density at radius 3 is 2.55 bits per heavy atom. The molecular formula is C24H32N4O. The molecule has 0 aliphatic heterocycles. The molecule has 29 heavy (non-hydrogen) atoms. The fraction of sp³-hybridized carbons (Fsp3) is 0.500. The van der Waals surface area contributed by atoms with Crippen molar-refractivity contribution in [2.24, 2.45) is 0 Å². The topological polar surface area (TPSA) is 42.7 Å². The number of benzene rings is 1. The highest BCUT2D eigenvalue weighted by atomic mass is 16.5. The van der Waals surface area contributed by atoms with E-state index in [2.05, 4.69) is 78.6 Å². The maximum atomic E-state index is 6.52. The average molecular weight is 393 g/mol. The van der Waals surface area contributed by atoms with Gasteiger partial charge in [-0.3, -0.25) is 9.30 Å². The van der Waals surface area contributed by atoms with Gasteiger partial charge in [-0.25, -0.2) is 0 Å². The maximum absolute atomic E-state index is 6.52.